The number of rotatable bonds is 22. The van der Waals surface area contributed by atoms with E-state index in [1.807, 2.05) is 54.6 Å². The van der Waals surface area contributed by atoms with Crippen LogP contribution in [0.5, 0.6) is 17.2 Å². The highest BCUT2D eigenvalue weighted by molar-refractivity contribution is 6.03. The number of carbonyl (C=O) groups excluding carboxylic acids is 2. The van der Waals surface area contributed by atoms with Gasteiger partial charge in [-0.05, 0) is 91.8 Å². The maximum absolute atomic E-state index is 14.2. The Morgan fingerprint density at radius 1 is 0.968 bits per heavy atom. The third kappa shape index (κ3) is 11.0. The molecule has 0 radical (unpaired) electrons. The second kappa shape index (κ2) is 22.5. The van der Waals surface area contributed by atoms with Crippen LogP contribution >= 0.6 is 0 Å². The Labute approximate surface area is 370 Å². The lowest BCUT2D eigenvalue weighted by atomic mass is 9.55. The van der Waals surface area contributed by atoms with Crippen LogP contribution in [0.1, 0.15) is 91.6 Å². The Kier molecular flexibility index (Phi) is 16.4. The minimum atomic E-state index is -1.44. The van der Waals surface area contributed by atoms with Gasteiger partial charge in [-0.1, -0.05) is 72.6 Å². The van der Waals surface area contributed by atoms with Crippen molar-refractivity contribution in [2.24, 2.45) is 22.9 Å². The van der Waals surface area contributed by atoms with Crippen molar-refractivity contribution in [1.82, 2.24) is 4.90 Å². The van der Waals surface area contributed by atoms with Crippen LogP contribution in [-0.4, -0.2) is 98.0 Å². The number of likely N-dealkylation sites (N-methyl/N-ethyl adjacent to an activating group) is 1. The lowest BCUT2D eigenvalue weighted by Crippen LogP contribution is -2.69. The van der Waals surface area contributed by atoms with Crippen LogP contribution in [0.3, 0.4) is 0 Å². The van der Waals surface area contributed by atoms with Crippen molar-refractivity contribution in [3.8, 4) is 17.2 Å². The fourth-order valence-electron chi connectivity index (χ4n) is 9.68. The molecule has 3 aromatic rings. The van der Waals surface area contributed by atoms with Crippen molar-refractivity contribution >= 4 is 18.1 Å². The Morgan fingerprint density at radius 3 is 2.54 bits per heavy atom. The maximum atomic E-state index is 14.2. The predicted molar refractivity (Wildman–Crippen MR) is 237 cm³/mol. The van der Waals surface area contributed by atoms with Gasteiger partial charge in [0.25, 0.3) is 0 Å². The number of ether oxygens (including phenoxy) is 6. The number of aldehydes is 1. The zero-order valence-corrected chi connectivity index (χ0v) is 36.3. The number of benzene rings is 3. The van der Waals surface area contributed by atoms with Gasteiger partial charge in [0.15, 0.2) is 0 Å². The van der Waals surface area contributed by atoms with Crippen molar-refractivity contribution in [1.29, 1.82) is 0 Å². The summed E-state index contributed by atoms with van der Waals surface area (Å²) in [7, 11) is 1.70. The molecule has 2 N–H and O–H groups in total. The Hall–Kier alpha value is -5.05. The zero-order valence-electron chi connectivity index (χ0n) is 36.3. The van der Waals surface area contributed by atoms with Crippen LogP contribution in [0, 0.1) is 17.8 Å². The van der Waals surface area contributed by atoms with E-state index in [0.717, 1.165) is 61.5 Å². The third-order valence-electron chi connectivity index (χ3n) is 12.6. The topological polar surface area (TPSA) is 155 Å². The molecule has 13 heteroatoms. The van der Waals surface area contributed by atoms with E-state index >= 15 is 0 Å². The number of amides is 1. The summed E-state index contributed by atoms with van der Waals surface area (Å²) in [6.45, 7) is 5.52. The summed E-state index contributed by atoms with van der Waals surface area (Å²) in [6.07, 6.45) is 11.0. The average molecular weight is 867 g/mol. The van der Waals surface area contributed by atoms with Gasteiger partial charge in [0.05, 0.1) is 38.1 Å². The molecule has 2 aliphatic heterocycles. The summed E-state index contributed by atoms with van der Waals surface area (Å²) >= 11 is 0. The number of aliphatic hydroxyl groups is 2. The molecule has 7 unspecified atom stereocenters. The first-order chi connectivity index (χ1) is 30.9. The summed E-state index contributed by atoms with van der Waals surface area (Å²) < 4.78 is 38.3. The van der Waals surface area contributed by atoms with Crippen LogP contribution in [0.25, 0.3) is 0 Å². The minimum Gasteiger partial charge on any atom is -0.459 e. The standard InChI is InChI=1S/C50H62N2O11/c1-3-25-60-50-45(52(2)49(56)59-28-27-57-34-35-14-5-4-6-15-35)32-43(51-63-46-20-9-12-26-58-46)41-30-37(17-7-10-23-53)40(19-8-11-24-54)47(48(41)50)42-31-39(21-22-44(42)62-50)61-38-18-13-16-36(29-38)33-55/h3-6,13-16,18,21-22,29-31,33,37,40,45-48,53-54H,1,7-12,17,19-20,23-28,32,34H2,2H3. The van der Waals surface area contributed by atoms with E-state index in [9.17, 15) is 19.8 Å². The number of hydrogen-bond donors (Lipinski definition) is 2. The molecule has 2 heterocycles. The number of aliphatic hydroxyl groups excluding tert-OH is 2. The second-order valence-electron chi connectivity index (χ2n) is 16.7. The van der Waals surface area contributed by atoms with Crippen LogP contribution in [0.15, 0.2) is 102 Å². The van der Waals surface area contributed by atoms with E-state index in [-0.39, 0.29) is 57.2 Å². The molecule has 7 rings (SSSR count). The van der Waals surface area contributed by atoms with Crippen molar-refractivity contribution in [2.45, 2.75) is 94.9 Å². The molecule has 4 aliphatic rings. The van der Waals surface area contributed by atoms with Gasteiger partial charge in [-0.25, -0.2) is 4.79 Å². The molecule has 3 aromatic carbocycles. The molecule has 1 amide bonds. The highest BCUT2D eigenvalue weighted by atomic mass is 16.8. The van der Waals surface area contributed by atoms with E-state index in [1.165, 1.54) is 0 Å². The lowest BCUT2D eigenvalue weighted by Gasteiger charge is -2.59. The molecule has 0 bridgehead atoms. The molecule has 13 nitrogen and oxygen atoms in total. The average Bonchev–Trinajstić information content (AvgIpc) is 3.31. The SMILES string of the molecule is C=CCOC12Oc3ccc(Oc4cccc(C=O)c4)cc3C3C(CCCCO)C(CCCCO)C=C(C(=NOC4CCCCO4)CC1N(C)C(=O)OCCOCc1ccccc1)C32. The quantitative estimate of drug-likeness (QED) is 0.0431. The van der Waals surface area contributed by atoms with Gasteiger partial charge in [0.1, 0.15) is 36.2 Å². The second-order valence-corrected chi connectivity index (χ2v) is 16.7. The number of oxime groups is 1. The van der Waals surface area contributed by atoms with Crippen molar-refractivity contribution in [3.63, 3.8) is 0 Å². The van der Waals surface area contributed by atoms with Gasteiger partial charge >= 0.3 is 6.09 Å². The first-order valence-corrected chi connectivity index (χ1v) is 22.5. The fraction of sp³-hybridized carbons (Fsp3) is 0.500. The van der Waals surface area contributed by atoms with Crippen LogP contribution in [0.4, 0.5) is 4.79 Å². The van der Waals surface area contributed by atoms with E-state index in [2.05, 4.69) is 12.7 Å². The number of carbonyl (C=O) groups is 2. The van der Waals surface area contributed by atoms with E-state index in [1.54, 1.807) is 36.2 Å². The number of unbranched alkanes of at least 4 members (excludes halogenated alkanes) is 2. The van der Waals surface area contributed by atoms with E-state index in [4.69, 9.17) is 38.4 Å². The van der Waals surface area contributed by atoms with Crippen LogP contribution < -0.4 is 9.47 Å². The third-order valence-corrected chi connectivity index (χ3v) is 12.6. The van der Waals surface area contributed by atoms with Gasteiger partial charge in [-0.15, -0.1) is 6.58 Å². The lowest BCUT2D eigenvalue weighted by molar-refractivity contribution is -0.254. The van der Waals surface area contributed by atoms with E-state index < -0.39 is 30.1 Å². The van der Waals surface area contributed by atoms with Crippen molar-refractivity contribution < 1.29 is 53.1 Å². The zero-order chi connectivity index (χ0) is 44.0. The summed E-state index contributed by atoms with van der Waals surface area (Å²) in [4.78, 5) is 33.6. The van der Waals surface area contributed by atoms with Gasteiger partial charge < -0.3 is 48.4 Å². The largest absolute Gasteiger partial charge is 0.459 e. The van der Waals surface area contributed by atoms with Gasteiger partial charge in [-0.3, -0.25) is 4.79 Å². The van der Waals surface area contributed by atoms with Crippen LogP contribution in [-0.2, 0) is 30.4 Å². The minimum absolute atomic E-state index is 0.0219. The smallest absolute Gasteiger partial charge is 0.410 e. The highest BCUT2D eigenvalue weighted by Crippen LogP contribution is 2.62. The Bertz CT molecular complexity index is 2030. The molecular formula is C50H62N2O11. The van der Waals surface area contributed by atoms with Gasteiger partial charge in [-0.2, -0.15) is 0 Å². The molecule has 1 saturated carbocycles. The van der Waals surface area contributed by atoms with Crippen LogP contribution in [0.2, 0.25) is 0 Å². The molecular weight excluding hydrogens is 805 g/mol. The molecule has 0 spiro atoms. The molecule has 2 aliphatic carbocycles. The summed E-state index contributed by atoms with van der Waals surface area (Å²) in [5, 5.41) is 24.7. The molecule has 2 fully saturated rings. The van der Waals surface area contributed by atoms with Crippen molar-refractivity contribution in [3.05, 3.63) is 114 Å². The molecule has 0 aromatic heterocycles. The summed E-state index contributed by atoms with van der Waals surface area (Å²) in [5.41, 5.74) is 4.01. The summed E-state index contributed by atoms with van der Waals surface area (Å²) in [5.74, 6) is -0.461. The molecule has 338 valence electrons. The van der Waals surface area contributed by atoms with Gasteiger partial charge in [0.2, 0.25) is 12.1 Å². The highest BCUT2D eigenvalue weighted by Gasteiger charge is 2.65. The fourth-order valence-corrected chi connectivity index (χ4v) is 9.68. The molecule has 1 saturated heterocycles. The van der Waals surface area contributed by atoms with Crippen molar-refractivity contribution in [2.75, 3.05) is 46.7 Å². The summed E-state index contributed by atoms with van der Waals surface area (Å²) in [6, 6.07) is 21.8. The normalized spacial score (nSPS) is 25.4. The molecule has 7 atom stereocenters. The number of hydrogen-bond acceptors (Lipinski definition) is 12. The molecule has 63 heavy (non-hydrogen) atoms. The Balaban J connectivity index is 1.32. The predicted octanol–water partition coefficient (Wildman–Crippen LogP) is 8.74. The Morgan fingerprint density at radius 2 is 1.78 bits per heavy atom. The number of nitrogens with zero attached hydrogens (tertiary/aromatic N) is 2. The van der Waals surface area contributed by atoms with Gasteiger partial charge in [0, 0.05) is 50.1 Å². The van der Waals surface area contributed by atoms with E-state index in [0.29, 0.717) is 61.0 Å². The number of allylic oxidation sites excluding steroid dienone is 1. The monoisotopic (exact) mass is 866 g/mol. The maximum Gasteiger partial charge on any atom is 0.410 e. The number of fused-ring (bicyclic) bond motifs is 2. The first-order valence-electron chi connectivity index (χ1n) is 22.5. The first kappa shape index (κ1) is 46.0.